The van der Waals surface area contributed by atoms with Crippen LogP contribution in [0.25, 0.3) is 0 Å². The minimum Gasteiger partial charge on any atom is -0.495 e. The number of hydrogen-bond donors (Lipinski definition) is 3. The number of halogens is 1. The fourth-order valence-electron chi connectivity index (χ4n) is 2.23. The summed E-state index contributed by atoms with van der Waals surface area (Å²) in [4.78, 5) is 26.9. The van der Waals surface area contributed by atoms with Crippen molar-refractivity contribution in [2.75, 3.05) is 19.0 Å². The molecule has 0 aliphatic heterocycles. The number of carbonyl (C=O) groups is 2. The van der Waals surface area contributed by atoms with Gasteiger partial charge < -0.3 is 20.4 Å². The first-order valence-electron chi connectivity index (χ1n) is 7.48. The van der Waals surface area contributed by atoms with Gasteiger partial charge in [-0.3, -0.25) is 9.59 Å². The molecule has 2 amide bonds. The SMILES string of the molecule is COc1cc(Cl)c(C)cc1NC(=O)CCNC(=O)c1cc[nH]c1C. The quantitative estimate of drug-likeness (QED) is 0.749. The van der Waals surface area contributed by atoms with Crippen LogP contribution in [0, 0.1) is 13.8 Å². The Balaban J connectivity index is 1.89. The zero-order chi connectivity index (χ0) is 17.7. The van der Waals surface area contributed by atoms with Crippen molar-refractivity contribution in [1.82, 2.24) is 10.3 Å². The lowest BCUT2D eigenvalue weighted by Crippen LogP contribution is -2.27. The molecule has 0 saturated carbocycles. The summed E-state index contributed by atoms with van der Waals surface area (Å²) in [7, 11) is 1.51. The van der Waals surface area contributed by atoms with Crippen LogP contribution < -0.4 is 15.4 Å². The lowest BCUT2D eigenvalue weighted by Gasteiger charge is -2.12. The highest BCUT2D eigenvalue weighted by molar-refractivity contribution is 6.31. The molecule has 1 aromatic carbocycles. The Hall–Kier alpha value is -2.47. The number of hydrogen-bond acceptors (Lipinski definition) is 3. The molecule has 1 heterocycles. The predicted octanol–water partition coefficient (Wildman–Crippen LogP) is 3.05. The molecule has 1 aromatic heterocycles. The maximum absolute atomic E-state index is 12.1. The highest BCUT2D eigenvalue weighted by Crippen LogP contribution is 2.30. The summed E-state index contributed by atoms with van der Waals surface area (Å²) in [5, 5.41) is 6.06. The number of aryl methyl sites for hydroxylation is 2. The molecule has 0 fully saturated rings. The standard InChI is InChI=1S/C17H20ClN3O3/c1-10-8-14(15(24-3)9-13(10)18)21-16(22)5-7-20-17(23)12-4-6-19-11(12)2/h4,6,8-9,19H,5,7H2,1-3H3,(H,20,23)(H,21,22). The van der Waals surface area contributed by atoms with Crippen molar-refractivity contribution in [3.8, 4) is 5.75 Å². The first kappa shape index (κ1) is 17.9. The molecule has 128 valence electrons. The van der Waals surface area contributed by atoms with Crippen LogP contribution in [-0.2, 0) is 4.79 Å². The van der Waals surface area contributed by atoms with E-state index in [-0.39, 0.29) is 24.8 Å². The fraction of sp³-hybridized carbons (Fsp3) is 0.294. The molecule has 3 N–H and O–H groups in total. The van der Waals surface area contributed by atoms with Gasteiger partial charge >= 0.3 is 0 Å². The van der Waals surface area contributed by atoms with Gasteiger partial charge in [-0.2, -0.15) is 0 Å². The molecular formula is C17H20ClN3O3. The highest BCUT2D eigenvalue weighted by atomic mass is 35.5. The first-order chi connectivity index (χ1) is 11.4. The molecule has 0 aliphatic carbocycles. The van der Waals surface area contributed by atoms with E-state index in [2.05, 4.69) is 15.6 Å². The number of ether oxygens (including phenoxy) is 1. The molecule has 2 rings (SSSR count). The van der Waals surface area contributed by atoms with Gasteiger partial charge in [0.05, 0.1) is 18.4 Å². The summed E-state index contributed by atoms with van der Waals surface area (Å²) in [6, 6.07) is 5.11. The molecule has 0 unspecified atom stereocenters. The molecule has 0 spiro atoms. The number of methoxy groups -OCH3 is 1. The second-order valence-electron chi connectivity index (χ2n) is 5.37. The van der Waals surface area contributed by atoms with E-state index in [0.29, 0.717) is 22.0 Å². The first-order valence-corrected chi connectivity index (χ1v) is 7.86. The van der Waals surface area contributed by atoms with E-state index < -0.39 is 0 Å². The minimum atomic E-state index is -0.221. The normalized spacial score (nSPS) is 10.3. The maximum atomic E-state index is 12.1. The Morgan fingerprint density at radius 2 is 2.04 bits per heavy atom. The van der Waals surface area contributed by atoms with Gasteiger partial charge in [-0.15, -0.1) is 0 Å². The van der Waals surface area contributed by atoms with E-state index in [1.54, 1.807) is 24.4 Å². The van der Waals surface area contributed by atoms with Gasteiger partial charge in [0.2, 0.25) is 5.91 Å². The zero-order valence-electron chi connectivity index (χ0n) is 13.8. The van der Waals surface area contributed by atoms with Crippen LogP contribution in [0.2, 0.25) is 5.02 Å². The third-order valence-corrected chi connectivity index (χ3v) is 4.00. The van der Waals surface area contributed by atoms with E-state index in [9.17, 15) is 9.59 Å². The number of carbonyl (C=O) groups excluding carboxylic acids is 2. The van der Waals surface area contributed by atoms with Gasteiger partial charge in [0.1, 0.15) is 5.75 Å². The summed E-state index contributed by atoms with van der Waals surface area (Å²) in [6.07, 6.45) is 1.85. The second kappa shape index (κ2) is 7.88. The minimum absolute atomic E-state index is 0.153. The smallest absolute Gasteiger partial charge is 0.253 e. The molecule has 7 heteroatoms. The van der Waals surface area contributed by atoms with E-state index in [1.807, 2.05) is 13.8 Å². The van der Waals surface area contributed by atoms with E-state index in [4.69, 9.17) is 16.3 Å². The average molecular weight is 350 g/mol. The number of nitrogens with one attached hydrogen (secondary N) is 3. The van der Waals surface area contributed by atoms with Crippen molar-refractivity contribution < 1.29 is 14.3 Å². The predicted molar refractivity (Wildman–Crippen MR) is 93.9 cm³/mol. The Bertz CT molecular complexity index is 756. The topological polar surface area (TPSA) is 83.2 Å². The van der Waals surface area contributed by atoms with Crippen molar-refractivity contribution in [1.29, 1.82) is 0 Å². The number of aromatic nitrogens is 1. The fourth-order valence-corrected chi connectivity index (χ4v) is 2.38. The summed E-state index contributed by atoms with van der Waals surface area (Å²) in [5.74, 6) is 0.0634. The van der Waals surface area contributed by atoms with Gasteiger partial charge in [-0.05, 0) is 31.5 Å². The lowest BCUT2D eigenvalue weighted by molar-refractivity contribution is -0.116. The number of rotatable bonds is 6. The van der Waals surface area contributed by atoms with Crippen LogP contribution in [0.15, 0.2) is 24.4 Å². The van der Waals surface area contributed by atoms with Gasteiger partial charge in [0, 0.05) is 35.9 Å². The Morgan fingerprint density at radius 1 is 1.29 bits per heavy atom. The van der Waals surface area contributed by atoms with Crippen LogP contribution in [-0.4, -0.2) is 30.5 Å². The Morgan fingerprint density at radius 3 is 2.67 bits per heavy atom. The van der Waals surface area contributed by atoms with Gasteiger partial charge in [-0.25, -0.2) is 0 Å². The van der Waals surface area contributed by atoms with Gasteiger partial charge in [0.15, 0.2) is 0 Å². The lowest BCUT2D eigenvalue weighted by atomic mass is 10.2. The van der Waals surface area contributed by atoms with Crippen molar-refractivity contribution in [3.05, 3.63) is 46.2 Å². The molecule has 0 saturated heterocycles. The summed E-state index contributed by atoms with van der Waals surface area (Å²) < 4.78 is 5.21. The van der Waals surface area contributed by atoms with E-state index >= 15 is 0 Å². The summed E-state index contributed by atoms with van der Waals surface area (Å²) in [6.45, 7) is 3.90. The number of benzene rings is 1. The van der Waals surface area contributed by atoms with Gasteiger partial charge in [-0.1, -0.05) is 11.6 Å². The van der Waals surface area contributed by atoms with Crippen molar-refractivity contribution >= 4 is 29.1 Å². The van der Waals surface area contributed by atoms with Crippen LogP contribution in [0.3, 0.4) is 0 Å². The van der Waals surface area contributed by atoms with E-state index in [1.165, 1.54) is 7.11 Å². The largest absolute Gasteiger partial charge is 0.495 e. The zero-order valence-corrected chi connectivity index (χ0v) is 14.6. The van der Waals surface area contributed by atoms with Crippen LogP contribution >= 0.6 is 11.6 Å². The number of amides is 2. The number of aromatic amines is 1. The second-order valence-corrected chi connectivity index (χ2v) is 5.78. The van der Waals surface area contributed by atoms with Crippen molar-refractivity contribution in [2.45, 2.75) is 20.3 Å². The third kappa shape index (κ3) is 4.29. The molecule has 6 nitrogen and oxygen atoms in total. The van der Waals surface area contributed by atoms with Crippen LogP contribution in [0.5, 0.6) is 5.75 Å². The monoisotopic (exact) mass is 349 g/mol. The van der Waals surface area contributed by atoms with E-state index in [0.717, 1.165) is 11.3 Å². The average Bonchev–Trinajstić information content (AvgIpc) is 2.96. The molecule has 2 aromatic rings. The number of H-pyrrole nitrogens is 1. The number of anilines is 1. The van der Waals surface area contributed by atoms with Crippen molar-refractivity contribution in [3.63, 3.8) is 0 Å². The third-order valence-electron chi connectivity index (χ3n) is 3.59. The summed E-state index contributed by atoms with van der Waals surface area (Å²) in [5.41, 5.74) is 2.75. The van der Waals surface area contributed by atoms with Gasteiger partial charge in [0.25, 0.3) is 5.91 Å². The summed E-state index contributed by atoms with van der Waals surface area (Å²) >= 11 is 6.04. The molecule has 0 radical (unpaired) electrons. The molecule has 0 bridgehead atoms. The van der Waals surface area contributed by atoms with Crippen molar-refractivity contribution in [2.24, 2.45) is 0 Å². The molecular weight excluding hydrogens is 330 g/mol. The maximum Gasteiger partial charge on any atom is 0.253 e. The highest BCUT2D eigenvalue weighted by Gasteiger charge is 2.12. The molecule has 0 atom stereocenters. The Kier molecular flexibility index (Phi) is 5.87. The van der Waals surface area contributed by atoms with Crippen LogP contribution in [0.4, 0.5) is 5.69 Å². The Labute approximate surface area is 145 Å². The molecule has 0 aliphatic rings. The van der Waals surface area contributed by atoms with Crippen LogP contribution in [0.1, 0.15) is 28.0 Å². The molecule has 24 heavy (non-hydrogen) atoms.